The predicted octanol–water partition coefficient (Wildman–Crippen LogP) is 4.46. The van der Waals surface area contributed by atoms with E-state index in [9.17, 15) is 13.6 Å². The quantitative estimate of drug-likeness (QED) is 0.765. The summed E-state index contributed by atoms with van der Waals surface area (Å²) in [5.41, 5.74) is 1.78. The summed E-state index contributed by atoms with van der Waals surface area (Å²) in [6.45, 7) is 0. The van der Waals surface area contributed by atoms with Crippen LogP contribution in [0.5, 0.6) is 0 Å². The van der Waals surface area contributed by atoms with Gasteiger partial charge in [-0.1, -0.05) is 24.3 Å². The average Bonchev–Trinajstić information content (AvgIpc) is 2.93. The number of rotatable bonds is 1. The molecule has 116 valence electrons. The van der Waals surface area contributed by atoms with Gasteiger partial charge in [0.1, 0.15) is 5.78 Å². The molecule has 1 aliphatic heterocycles. The van der Waals surface area contributed by atoms with E-state index >= 15 is 0 Å². The molecule has 2 atom stereocenters. The fraction of sp³-hybridized carbons (Fsp3) is 0.263. The van der Waals surface area contributed by atoms with Gasteiger partial charge in [-0.3, -0.25) is 9.79 Å². The number of benzene rings is 2. The number of hydrogen-bond acceptors (Lipinski definition) is 2. The van der Waals surface area contributed by atoms with Gasteiger partial charge >= 0.3 is 0 Å². The summed E-state index contributed by atoms with van der Waals surface area (Å²) >= 11 is 0. The third-order valence-electron chi connectivity index (χ3n) is 5.01. The SMILES string of the molecule is O=C1CCC(c2ccc(F)c(F)c2)CC12C=Nc1ccccc12. The second kappa shape index (κ2) is 5.08. The predicted molar refractivity (Wildman–Crippen MR) is 84.2 cm³/mol. The Bertz CT molecular complexity index is 830. The maximum atomic E-state index is 13.6. The van der Waals surface area contributed by atoms with Crippen LogP contribution in [0.4, 0.5) is 14.5 Å². The van der Waals surface area contributed by atoms with Gasteiger partial charge in [-0.15, -0.1) is 0 Å². The summed E-state index contributed by atoms with van der Waals surface area (Å²) in [6.07, 6.45) is 3.37. The van der Waals surface area contributed by atoms with Gasteiger partial charge in [0, 0.05) is 12.6 Å². The summed E-state index contributed by atoms with van der Waals surface area (Å²) in [5, 5.41) is 0. The molecule has 1 aliphatic carbocycles. The first kappa shape index (κ1) is 14.2. The summed E-state index contributed by atoms with van der Waals surface area (Å²) in [6, 6.07) is 11.7. The average molecular weight is 311 g/mol. The zero-order chi connectivity index (χ0) is 16.0. The highest BCUT2D eigenvalue weighted by Gasteiger charge is 2.47. The third-order valence-corrected chi connectivity index (χ3v) is 5.01. The lowest BCUT2D eigenvalue weighted by Crippen LogP contribution is -2.41. The van der Waals surface area contributed by atoms with Gasteiger partial charge in [-0.05, 0) is 48.1 Å². The lowest BCUT2D eigenvalue weighted by Gasteiger charge is -2.35. The van der Waals surface area contributed by atoms with Crippen molar-refractivity contribution in [3.05, 3.63) is 65.2 Å². The number of carbonyl (C=O) groups excluding carboxylic acids is 1. The third kappa shape index (κ3) is 2.12. The van der Waals surface area contributed by atoms with E-state index in [-0.39, 0.29) is 11.7 Å². The number of nitrogens with zero attached hydrogens (tertiary/aromatic N) is 1. The molecular weight excluding hydrogens is 296 g/mol. The van der Waals surface area contributed by atoms with Crippen LogP contribution in [-0.2, 0) is 10.2 Å². The Morgan fingerprint density at radius 3 is 2.74 bits per heavy atom. The Hall–Kier alpha value is -2.36. The number of ketones is 1. The van der Waals surface area contributed by atoms with E-state index in [4.69, 9.17) is 0 Å². The summed E-state index contributed by atoms with van der Waals surface area (Å²) in [7, 11) is 0. The second-order valence-electron chi connectivity index (χ2n) is 6.28. The van der Waals surface area contributed by atoms with Crippen molar-refractivity contribution in [3.63, 3.8) is 0 Å². The van der Waals surface area contributed by atoms with Gasteiger partial charge in [0.15, 0.2) is 11.6 Å². The molecule has 2 unspecified atom stereocenters. The molecule has 1 fully saturated rings. The molecule has 2 aromatic rings. The number of halogens is 2. The monoisotopic (exact) mass is 311 g/mol. The number of para-hydroxylation sites is 1. The maximum Gasteiger partial charge on any atom is 0.159 e. The molecule has 2 aromatic carbocycles. The smallest absolute Gasteiger partial charge is 0.159 e. The van der Waals surface area contributed by atoms with Gasteiger partial charge in [-0.25, -0.2) is 8.78 Å². The molecule has 1 spiro atoms. The van der Waals surface area contributed by atoms with E-state index in [0.717, 1.165) is 22.9 Å². The lowest BCUT2D eigenvalue weighted by atomic mass is 9.65. The molecule has 4 rings (SSSR count). The number of fused-ring (bicyclic) bond motifs is 2. The topological polar surface area (TPSA) is 29.4 Å². The van der Waals surface area contributed by atoms with E-state index in [1.807, 2.05) is 24.3 Å². The van der Waals surface area contributed by atoms with E-state index in [2.05, 4.69) is 4.99 Å². The van der Waals surface area contributed by atoms with Crippen molar-refractivity contribution in [3.8, 4) is 0 Å². The second-order valence-corrected chi connectivity index (χ2v) is 6.28. The highest BCUT2D eigenvalue weighted by atomic mass is 19.2. The van der Waals surface area contributed by atoms with E-state index in [0.29, 0.717) is 19.3 Å². The molecular formula is C19H15F2NO. The largest absolute Gasteiger partial charge is 0.298 e. The zero-order valence-electron chi connectivity index (χ0n) is 12.4. The Balaban J connectivity index is 1.74. The first-order valence-electron chi connectivity index (χ1n) is 7.73. The summed E-state index contributed by atoms with van der Waals surface area (Å²) < 4.78 is 26.7. The van der Waals surface area contributed by atoms with Gasteiger partial charge in [-0.2, -0.15) is 0 Å². The molecule has 0 saturated heterocycles. The normalized spacial score (nSPS) is 25.8. The molecule has 4 heteroatoms. The Kier molecular flexibility index (Phi) is 3.15. The molecule has 0 radical (unpaired) electrons. The maximum absolute atomic E-state index is 13.6. The van der Waals surface area contributed by atoms with Crippen LogP contribution in [0.1, 0.15) is 36.3 Å². The van der Waals surface area contributed by atoms with Crippen LogP contribution in [0.3, 0.4) is 0 Å². The van der Waals surface area contributed by atoms with Crippen molar-refractivity contribution >= 4 is 17.7 Å². The van der Waals surface area contributed by atoms with E-state index in [1.54, 1.807) is 12.3 Å². The highest BCUT2D eigenvalue weighted by molar-refractivity contribution is 6.10. The van der Waals surface area contributed by atoms with Crippen LogP contribution in [0, 0.1) is 11.6 Å². The van der Waals surface area contributed by atoms with Gasteiger partial charge in [0.05, 0.1) is 11.1 Å². The highest BCUT2D eigenvalue weighted by Crippen LogP contribution is 2.48. The van der Waals surface area contributed by atoms with Crippen LogP contribution < -0.4 is 0 Å². The molecule has 0 aromatic heterocycles. The van der Waals surface area contributed by atoms with Crippen LogP contribution in [0.25, 0.3) is 0 Å². The van der Waals surface area contributed by atoms with Crippen molar-refractivity contribution in [2.45, 2.75) is 30.6 Å². The molecule has 0 bridgehead atoms. The molecule has 2 aliphatic rings. The van der Waals surface area contributed by atoms with Crippen LogP contribution in [-0.4, -0.2) is 12.0 Å². The van der Waals surface area contributed by atoms with E-state index in [1.165, 1.54) is 6.07 Å². The summed E-state index contributed by atoms with van der Waals surface area (Å²) in [5.74, 6) is -1.51. The van der Waals surface area contributed by atoms with Crippen molar-refractivity contribution in [2.75, 3.05) is 0 Å². The minimum atomic E-state index is -0.844. The molecule has 23 heavy (non-hydrogen) atoms. The molecule has 1 heterocycles. The fourth-order valence-electron chi connectivity index (χ4n) is 3.78. The van der Waals surface area contributed by atoms with Crippen molar-refractivity contribution in [2.24, 2.45) is 4.99 Å². The Morgan fingerprint density at radius 2 is 1.91 bits per heavy atom. The number of hydrogen-bond donors (Lipinski definition) is 0. The standard InChI is InChI=1S/C19H15F2NO/c20-15-7-5-12(9-16(15)21)13-6-8-18(23)19(10-13)11-22-17-4-2-1-3-14(17)19/h1-5,7,9,11,13H,6,8,10H2. The molecule has 0 amide bonds. The van der Waals surface area contributed by atoms with Crippen LogP contribution >= 0.6 is 0 Å². The van der Waals surface area contributed by atoms with Gasteiger partial charge in [0.25, 0.3) is 0 Å². The van der Waals surface area contributed by atoms with Gasteiger partial charge in [0.2, 0.25) is 0 Å². The molecule has 1 saturated carbocycles. The molecule has 0 N–H and O–H groups in total. The first-order chi connectivity index (χ1) is 11.1. The zero-order valence-corrected chi connectivity index (χ0v) is 12.4. The van der Waals surface area contributed by atoms with Crippen molar-refractivity contribution in [1.82, 2.24) is 0 Å². The number of Topliss-reactive ketones (excluding diaryl/α,β-unsaturated/α-hetero) is 1. The first-order valence-corrected chi connectivity index (χ1v) is 7.73. The molecule has 2 nitrogen and oxygen atoms in total. The minimum Gasteiger partial charge on any atom is -0.298 e. The van der Waals surface area contributed by atoms with Gasteiger partial charge < -0.3 is 0 Å². The fourth-order valence-corrected chi connectivity index (χ4v) is 3.78. The lowest BCUT2D eigenvalue weighted by molar-refractivity contribution is -0.124. The van der Waals surface area contributed by atoms with Crippen LogP contribution in [0.15, 0.2) is 47.5 Å². The van der Waals surface area contributed by atoms with E-state index < -0.39 is 17.0 Å². The Morgan fingerprint density at radius 1 is 1.09 bits per heavy atom. The minimum absolute atomic E-state index is 0.0143. The Labute approximate surface area is 132 Å². The van der Waals surface area contributed by atoms with Crippen molar-refractivity contribution in [1.29, 1.82) is 0 Å². The van der Waals surface area contributed by atoms with Crippen LogP contribution in [0.2, 0.25) is 0 Å². The summed E-state index contributed by atoms with van der Waals surface area (Å²) in [4.78, 5) is 17.1. The number of aliphatic imine (C=N–C) groups is 1. The van der Waals surface area contributed by atoms with Crippen molar-refractivity contribution < 1.29 is 13.6 Å². The number of carbonyl (C=O) groups is 1.